The summed E-state index contributed by atoms with van der Waals surface area (Å²) in [6.45, 7) is 5.37. The van der Waals surface area contributed by atoms with E-state index in [-0.39, 0.29) is 18.1 Å². The second-order valence-corrected chi connectivity index (χ2v) is 6.68. The van der Waals surface area contributed by atoms with Gasteiger partial charge in [-0.2, -0.15) is 0 Å². The van der Waals surface area contributed by atoms with Crippen molar-refractivity contribution in [2.24, 2.45) is 0 Å². The first-order chi connectivity index (χ1) is 10.6. The first-order valence-corrected chi connectivity index (χ1v) is 8.52. The van der Waals surface area contributed by atoms with Crippen LogP contribution in [0.1, 0.15) is 13.8 Å². The van der Waals surface area contributed by atoms with Crippen molar-refractivity contribution in [3.05, 3.63) is 36.4 Å². The number of benzene rings is 1. The number of amides is 1. The third-order valence-corrected chi connectivity index (χ3v) is 4.60. The molecule has 0 N–H and O–H groups in total. The molecule has 5 heteroatoms. The maximum absolute atomic E-state index is 12.3. The largest absolute Gasteiger partial charge is 0.372 e. The van der Waals surface area contributed by atoms with Crippen LogP contribution in [0.4, 0.5) is 0 Å². The van der Waals surface area contributed by atoms with E-state index in [1.165, 1.54) is 11.8 Å². The van der Waals surface area contributed by atoms with Crippen LogP contribution in [0.3, 0.4) is 0 Å². The van der Waals surface area contributed by atoms with Crippen molar-refractivity contribution in [3.63, 3.8) is 0 Å². The summed E-state index contributed by atoms with van der Waals surface area (Å²) in [4.78, 5) is 18.8. The van der Waals surface area contributed by atoms with E-state index in [0.29, 0.717) is 18.8 Å². The van der Waals surface area contributed by atoms with Gasteiger partial charge in [-0.25, -0.2) is 4.98 Å². The van der Waals surface area contributed by atoms with Crippen LogP contribution in [0, 0.1) is 0 Å². The molecule has 0 radical (unpaired) electrons. The number of nitrogens with zero attached hydrogens (tertiary/aromatic N) is 2. The molecule has 0 aliphatic carbocycles. The number of hydrogen-bond acceptors (Lipinski definition) is 4. The lowest BCUT2D eigenvalue weighted by atomic mass is 10.2. The summed E-state index contributed by atoms with van der Waals surface area (Å²) >= 11 is 1.50. The minimum atomic E-state index is 0.108. The Kier molecular flexibility index (Phi) is 4.64. The van der Waals surface area contributed by atoms with Crippen LogP contribution in [0.2, 0.25) is 0 Å². The Labute approximate surface area is 134 Å². The number of hydrogen-bond donors (Lipinski definition) is 0. The lowest BCUT2D eigenvalue weighted by Crippen LogP contribution is -2.48. The van der Waals surface area contributed by atoms with Crippen LogP contribution in [0.25, 0.3) is 10.9 Å². The zero-order valence-corrected chi connectivity index (χ0v) is 13.7. The highest BCUT2D eigenvalue weighted by Crippen LogP contribution is 2.21. The van der Waals surface area contributed by atoms with E-state index in [1.54, 1.807) is 0 Å². The van der Waals surface area contributed by atoms with Gasteiger partial charge in [-0.05, 0) is 26.0 Å². The van der Waals surface area contributed by atoms with Gasteiger partial charge in [0.1, 0.15) is 0 Å². The molecule has 1 amide bonds. The number of fused-ring (bicyclic) bond motifs is 1. The second-order valence-electron chi connectivity index (χ2n) is 5.69. The van der Waals surface area contributed by atoms with E-state index in [4.69, 9.17) is 4.74 Å². The van der Waals surface area contributed by atoms with E-state index in [0.717, 1.165) is 15.9 Å². The van der Waals surface area contributed by atoms with Crippen molar-refractivity contribution in [2.45, 2.75) is 31.1 Å². The molecular formula is C17H20N2O2S. The summed E-state index contributed by atoms with van der Waals surface area (Å²) < 4.78 is 5.66. The summed E-state index contributed by atoms with van der Waals surface area (Å²) in [7, 11) is 0. The summed E-state index contributed by atoms with van der Waals surface area (Å²) in [5.41, 5.74) is 0.966. The third kappa shape index (κ3) is 3.59. The van der Waals surface area contributed by atoms with Gasteiger partial charge in [-0.3, -0.25) is 4.79 Å². The van der Waals surface area contributed by atoms with Gasteiger partial charge in [-0.15, -0.1) is 0 Å². The van der Waals surface area contributed by atoms with Crippen molar-refractivity contribution in [2.75, 3.05) is 18.8 Å². The number of morpholine rings is 1. The lowest BCUT2D eigenvalue weighted by Gasteiger charge is -2.35. The molecule has 0 spiro atoms. The summed E-state index contributed by atoms with van der Waals surface area (Å²) in [5, 5.41) is 2.01. The third-order valence-electron chi connectivity index (χ3n) is 3.69. The highest BCUT2D eigenvalue weighted by Gasteiger charge is 2.25. The molecule has 1 aliphatic rings. The number of carbonyl (C=O) groups excluding carboxylic acids is 1. The number of carbonyl (C=O) groups is 1. The van der Waals surface area contributed by atoms with Gasteiger partial charge >= 0.3 is 0 Å². The van der Waals surface area contributed by atoms with E-state index in [1.807, 2.05) is 55.1 Å². The minimum Gasteiger partial charge on any atom is -0.372 e. The molecule has 1 fully saturated rings. The van der Waals surface area contributed by atoms with Crippen LogP contribution < -0.4 is 0 Å². The van der Waals surface area contributed by atoms with Crippen LogP contribution in [-0.2, 0) is 9.53 Å². The maximum atomic E-state index is 12.3. The topological polar surface area (TPSA) is 42.4 Å². The second kappa shape index (κ2) is 6.67. The quantitative estimate of drug-likeness (QED) is 0.817. The average Bonchev–Trinajstić information content (AvgIpc) is 2.51. The first-order valence-electron chi connectivity index (χ1n) is 7.53. The van der Waals surface area contributed by atoms with E-state index >= 15 is 0 Å². The molecule has 2 aromatic rings. The van der Waals surface area contributed by atoms with Crippen molar-refractivity contribution >= 4 is 28.6 Å². The zero-order chi connectivity index (χ0) is 15.5. The molecular weight excluding hydrogens is 296 g/mol. The molecule has 1 aliphatic heterocycles. The molecule has 2 atom stereocenters. The molecule has 1 saturated heterocycles. The number of para-hydroxylation sites is 1. The van der Waals surface area contributed by atoms with E-state index < -0.39 is 0 Å². The number of aromatic nitrogens is 1. The van der Waals surface area contributed by atoms with Gasteiger partial charge in [-0.1, -0.05) is 36.0 Å². The predicted octanol–water partition coefficient (Wildman–Crippen LogP) is 2.96. The van der Waals surface area contributed by atoms with Crippen LogP contribution in [-0.4, -0.2) is 46.8 Å². The normalized spacial score (nSPS) is 22.0. The SMILES string of the molecule is C[C@H]1CN(C(=O)CSc2ccc3ccccc3n2)C[C@H](C)O1. The highest BCUT2D eigenvalue weighted by atomic mass is 32.2. The molecule has 0 bridgehead atoms. The Morgan fingerprint density at radius 2 is 1.95 bits per heavy atom. The Hall–Kier alpha value is -1.59. The summed E-state index contributed by atoms with van der Waals surface area (Å²) in [6, 6.07) is 12.0. The molecule has 2 heterocycles. The van der Waals surface area contributed by atoms with Crippen molar-refractivity contribution in [3.8, 4) is 0 Å². The molecule has 0 unspecified atom stereocenters. The predicted molar refractivity (Wildman–Crippen MR) is 89.1 cm³/mol. The van der Waals surface area contributed by atoms with Crippen LogP contribution in [0.5, 0.6) is 0 Å². The van der Waals surface area contributed by atoms with Crippen molar-refractivity contribution < 1.29 is 9.53 Å². The Balaban J connectivity index is 1.62. The van der Waals surface area contributed by atoms with E-state index in [2.05, 4.69) is 4.98 Å². The number of thioether (sulfide) groups is 1. The molecule has 22 heavy (non-hydrogen) atoms. The number of ether oxygens (including phenoxy) is 1. The van der Waals surface area contributed by atoms with Gasteiger partial charge in [0.2, 0.25) is 5.91 Å². The van der Waals surface area contributed by atoms with Gasteiger partial charge in [0, 0.05) is 18.5 Å². The van der Waals surface area contributed by atoms with Gasteiger partial charge in [0.15, 0.2) is 0 Å². The first kappa shape index (κ1) is 15.3. The van der Waals surface area contributed by atoms with Gasteiger partial charge in [0.25, 0.3) is 0 Å². The molecule has 3 rings (SSSR count). The van der Waals surface area contributed by atoms with Crippen LogP contribution >= 0.6 is 11.8 Å². The fourth-order valence-corrected chi connectivity index (χ4v) is 3.52. The average molecular weight is 316 g/mol. The Bertz CT molecular complexity index is 667. The smallest absolute Gasteiger partial charge is 0.233 e. The highest BCUT2D eigenvalue weighted by molar-refractivity contribution is 7.99. The summed E-state index contributed by atoms with van der Waals surface area (Å²) in [5.74, 6) is 0.576. The van der Waals surface area contributed by atoms with Gasteiger partial charge in [0.05, 0.1) is 28.5 Å². The minimum absolute atomic E-state index is 0.108. The standard InChI is InChI=1S/C17H20N2O2S/c1-12-9-19(10-13(2)21-12)17(20)11-22-16-8-7-14-5-3-4-6-15(14)18-16/h3-8,12-13H,9-11H2,1-2H3/t12-,13-/m0/s1. The molecule has 4 nitrogen and oxygen atoms in total. The van der Waals surface area contributed by atoms with Crippen molar-refractivity contribution in [1.29, 1.82) is 0 Å². The fraction of sp³-hybridized carbons (Fsp3) is 0.412. The Morgan fingerprint density at radius 3 is 2.73 bits per heavy atom. The van der Waals surface area contributed by atoms with Crippen LogP contribution in [0.15, 0.2) is 41.4 Å². The van der Waals surface area contributed by atoms with Gasteiger partial charge < -0.3 is 9.64 Å². The van der Waals surface area contributed by atoms with E-state index in [9.17, 15) is 4.79 Å². The number of pyridine rings is 1. The molecule has 116 valence electrons. The molecule has 1 aromatic heterocycles. The fourth-order valence-electron chi connectivity index (χ4n) is 2.74. The zero-order valence-electron chi connectivity index (χ0n) is 12.9. The summed E-state index contributed by atoms with van der Waals surface area (Å²) in [6.07, 6.45) is 0.216. The molecule has 1 aromatic carbocycles. The Morgan fingerprint density at radius 1 is 1.23 bits per heavy atom. The van der Waals surface area contributed by atoms with Crippen molar-refractivity contribution in [1.82, 2.24) is 9.88 Å². The number of rotatable bonds is 3. The monoisotopic (exact) mass is 316 g/mol. The lowest BCUT2D eigenvalue weighted by molar-refractivity contribution is -0.140. The maximum Gasteiger partial charge on any atom is 0.233 e. The molecule has 0 saturated carbocycles.